The molecule has 1 aliphatic heterocycles. The van der Waals surface area contributed by atoms with E-state index in [1.54, 1.807) is 0 Å². The van der Waals surface area contributed by atoms with Crippen LogP contribution in [0.25, 0.3) is 0 Å². The molecule has 3 nitrogen and oxygen atoms in total. The predicted octanol–water partition coefficient (Wildman–Crippen LogP) is 1.97. The molecular formula is C9H14N2O. The summed E-state index contributed by atoms with van der Waals surface area (Å²) in [7, 11) is 0. The van der Waals surface area contributed by atoms with Crippen molar-refractivity contribution in [2.75, 3.05) is 18.0 Å². The largest absolute Gasteiger partial charge is 0.360 e. The van der Waals surface area contributed by atoms with Crippen molar-refractivity contribution in [1.29, 1.82) is 0 Å². The van der Waals surface area contributed by atoms with Crippen LogP contribution >= 0.6 is 0 Å². The second-order valence-electron chi connectivity index (χ2n) is 3.34. The van der Waals surface area contributed by atoms with Crippen molar-refractivity contribution >= 4 is 5.82 Å². The Morgan fingerprint density at radius 1 is 1.33 bits per heavy atom. The normalized spacial score (nSPS) is 18.2. The summed E-state index contributed by atoms with van der Waals surface area (Å²) in [5, 5.41) is 3.99. The van der Waals surface area contributed by atoms with Gasteiger partial charge in [-0.2, -0.15) is 0 Å². The maximum atomic E-state index is 5.03. The van der Waals surface area contributed by atoms with Gasteiger partial charge >= 0.3 is 0 Å². The predicted molar refractivity (Wildman–Crippen MR) is 47.3 cm³/mol. The van der Waals surface area contributed by atoms with E-state index >= 15 is 0 Å². The van der Waals surface area contributed by atoms with Crippen LogP contribution in [0.15, 0.2) is 10.6 Å². The first kappa shape index (κ1) is 7.65. The molecule has 0 saturated carbocycles. The quantitative estimate of drug-likeness (QED) is 0.638. The van der Waals surface area contributed by atoms with Crippen molar-refractivity contribution < 1.29 is 4.52 Å². The van der Waals surface area contributed by atoms with Gasteiger partial charge in [0.05, 0.1) is 0 Å². The first-order chi connectivity index (χ1) is 5.86. The van der Waals surface area contributed by atoms with Gasteiger partial charge in [0.15, 0.2) is 5.82 Å². The number of aryl methyl sites for hydroxylation is 1. The average molecular weight is 166 g/mol. The van der Waals surface area contributed by atoms with Gasteiger partial charge in [-0.05, 0) is 26.2 Å². The lowest BCUT2D eigenvalue weighted by Crippen LogP contribution is -2.29. The summed E-state index contributed by atoms with van der Waals surface area (Å²) < 4.78 is 5.03. The lowest BCUT2D eigenvalue weighted by Gasteiger charge is -2.25. The van der Waals surface area contributed by atoms with E-state index in [9.17, 15) is 0 Å². The van der Waals surface area contributed by atoms with Crippen molar-refractivity contribution in [3.8, 4) is 0 Å². The number of anilines is 1. The molecule has 2 heterocycles. The van der Waals surface area contributed by atoms with E-state index in [0.29, 0.717) is 0 Å². The summed E-state index contributed by atoms with van der Waals surface area (Å²) in [6, 6.07) is 2.01. The first-order valence-electron chi connectivity index (χ1n) is 4.54. The van der Waals surface area contributed by atoms with E-state index in [1.807, 2.05) is 13.0 Å². The van der Waals surface area contributed by atoms with E-state index in [-0.39, 0.29) is 0 Å². The molecule has 2 rings (SSSR count). The number of rotatable bonds is 1. The highest BCUT2D eigenvalue weighted by Crippen LogP contribution is 2.18. The summed E-state index contributed by atoms with van der Waals surface area (Å²) in [4.78, 5) is 2.29. The van der Waals surface area contributed by atoms with Gasteiger partial charge in [-0.25, -0.2) is 0 Å². The topological polar surface area (TPSA) is 29.3 Å². The van der Waals surface area contributed by atoms with Crippen LogP contribution in [-0.2, 0) is 0 Å². The maximum absolute atomic E-state index is 5.03. The molecule has 0 bridgehead atoms. The van der Waals surface area contributed by atoms with Crippen LogP contribution in [-0.4, -0.2) is 18.2 Å². The van der Waals surface area contributed by atoms with Gasteiger partial charge in [0, 0.05) is 19.2 Å². The van der Waals surface area contributed by atoms with Gasteiger partial charge in [0.2, 0.25) is 0 Å². The molecule has 3 heteroatoms. The smallest absolute Gasteiger partial charge is 0.172 e. The van der Waals surface area contributed by atoms with Crippen molar-refractivity contribution in [2.24, 2.45) is 0 Å². The van der Waals surface area contributed by atoms with Crippen molar-refractivity contribution in [1.82, 2.24) is 5.16 Å². The fourth-order valence-corrected chi connectivity index (χ4v) is 1.63. The second kappa shape index (κ2) is 3.17. The molecule has 66 valence electrons. The zero-order valence-electron chi connectivity index (χ0n) is 7.42. The minimum atomic E-state index is 0.899. The van der Waals surface area contributed by atoms with Crippen LogP contribution in [0.2, 0.25) is 0 Å². The standard InChI is InChI=1S/C9H14N2O/c1-8-7-9(10-12-8)11-5-3-2-4-6-11/h7H,2-6H2,1H3. The van der Waals surface area contributed by atoms with Gasteiger partial charge in [0.25, 0.3) is 0 Å². The molecule has 0 radical (unpaired) electrons. The van der Waals surface area contributed by atoms with Gasteiger partial charge in [-0.1, -0.05) is 5.16 Å². The molecule has 1 aliphatic rings. The van der Waals surface area contributed by atoms with Crippen LogP contribution in [0.1, 0.15) is 25.0 Å². The van der Waals surface area contributed by atoms with Gasteiger partial charge in [-0.15, -0.1) is 0 Å². The van der Waals surface area contributed by atoms with Crippen molar-refractivity contribution in [3.05, 3.63) is 11.8 Å². The van der Waals surface area contributed by atoms with Crippen LogP contribution in [0.4, 0.5) is 5.82 Å². The third kappa shape index (κ3) is 1.44. The van der Waals surface area contributed by atoms with Gasteiger partial charge in [0.1, 0.15) is 5.76 Å². The Morgan fingerprint density at radius 2 is 2.08 bits per heavy atom. The van der Waals surface area contributed by atoms with Crippen LogP contribution in [0.3, 0.4) is 0 Å². The van der Waals surface area contributed by atoms with Crippen molar-refractivity contribution in [2.45, 2.75) is 26.2 Å². The van der Waals surface area contributed by atoms with Gasteiger partial charge in [-0.3, -0.25) is 0 Å². The molecular weight excluding hydrogens is 152 g/mol. The second-order valence-corrected chi connectivity index (χ2v) is 3.34. The van der Waals surface area contributed by atoms with Gasteiger partial charge < -0.3 is 9.42 Å². The van der Waals surface area contributed by atoms with Crippen LogP contribution < -0.4 is 4.90 Å². The monoisotopic (exact) mass is 166 g/mol. The molecule has 0 aromatic carbocycles. The number of piperidine rings is 1. The Labute approximate surface area is 72.3 Å². The van der Waals surface area contributed by atoms with Crippen molar-refractivity contribution in [3.63, 3.8) is 0 Å². The molecule has 0 amide bonds. The Hall–Kier alpha value is -0.990. The molecule has 1 saturated heterocycles. The molecule has 0 atom stereocenters. The third-order valence-corrected chi connectivity index (χ3v) is 2.30. The molecule has 1 fully saturated rings. The highest BCUT2D eigenvalue weighted by Gasteiger charge is 2.13. The third-order valence-electron chi connectivity index (χ3n) is 2.30. The minimum Gasteiger partial charge on any atom is -0.360 e. The molecule has 0 unspecified atom stereocenters. The highest BCUT2D eigenvalue weighted by molar-refractivity contribution is 5.37. The first-order valence-corrected chi connectivity index (χ1v) is 4.54. The summed E-state index contributed by atoms with van der Waals surface area (Å²) in [6.07, 6.45) is 3.92. The Bertz CT molecular complexity index is 251. The fraction of sp³-hybridized carbons (Fsp3) is 0.667. The minimum absolute atomic E-state index is 0.899. The summed E-state index contributed by atoms with van der Waals surface area (Å²) in [5.41, 5.74) is 0. The number of aromatic nitrogens is 1. The number of hydrogen-bond acceptors (Lipinski definition) is 3. The molecule has 1 aromatic rings. The zero-order chi connectivity index (χ0) is 8.39. The Kier molecular flexibility index (Phi) is 2.02. The van der Waals surface area contributed by atoms with E-state index in [0.717, 1.165) is 24.7 Å². The average Bonchev–Trinajstić information content (AvgIpc) is 2.54. The number of nitrogens with zero attached hydrogens (tertiary/aromatic N) is 2. The molecule has 0 N–H and O–H groups in total. The lowest BCUT2D eigenvalue weighted by molar-refractivity contribution is 0.395. The Balaban J connectivity index is 2.08. The molecule has 12 heavy (non-hydrogen) atoms. The summed E-state index contributed by atoms with van der Waals surface area (Å²) in [5.74, 6) is 1.91. The van der Waals surface area contributed by atoms with E-state index < -0.39 is 0 Å². The summed E-state index contributed by atoms with van der Waals surface area (Å²) >= 11 is 0. The molecule has 1 aromatic heterocycles. The maximum Gasteiger partial charge on any atom is 0.172 e. The molecule has 0 spiro atoms. The van der Waals surface area contributed by atoms with Crippen LogP contribution in [0.5, 0.6) is 0 Å². The molecule has 0 aliphatic carbocycles. The van der Waals surface area contributed by atoms with E-state index in [2.05, 4.69) is 10.1 Å². The fourth-order valence-electron chi connectivity index (χ4n) is 1.63. The number of hydrogen-bond donors (Lipinski definition) is 0. The SMILES string of the molecule is Cc1cc(N2CCCCC2)no1. The Morgan fingerprint density at radius 3 is 2.67 bits per heavy atom. The van der Waals surface area contributed by atoms with E-state index in [1.165, 1.54) is 19.3 Å². The van der Waals surface area contributed by atoms with E-state index in [4.69, 9.17) is 4.52 Å². The summed E-state index contributed by atoms with van der Waals surface area (Å²) in [6.45, 7) is 4.19. The van der Waals surface area contributed by atoms with Crippen LogP contribution in [0, 0.1) is 6.92 Å². The zero-order valence-corrected chi connectivity index (χ0v) is 7.42. The highest BCUT2D eigenvalue weighted by atomic mass is 16.5. The lowest BCUT2D eigenvalue weighted by atomic mass is 10.1.